The molecule has 0 aromatic carbocycles. The fourth-order valence-electron chi connectivity index (χ4n) is 1.30. The fraction of sp³-hybridized carbons (Fsp3) is 0.857. The van der Waals surface area contributed by atoms with Gasteiger partial charge in [-0.2, -0.15) is 0 Å². The zero-order chi connectivity index (χ0) is 7.72. The summed E-state index contributed by atoms with van der Waals surface area (Å²) < 4.78 is 0. The summed E-state index contributed by atoms with van der Waals surface area (Å²) in [7, 11) is 4.01. The fourth-order valence-corrected chi connectivity index (χ4v) is 1.30. The van der Waals surface area contributed by atoms with Gasteiger partial charge in [-0.05, 0) is 21.0 Å². The predicted molar refractivity (Wildman–Crippen MR) is 39.7 cm³/mol. The summed E-state index contributed by atoms with van der Waals surface area (Å²) in [6.07, 6.45) is 1.41. The van der Waals surface area contributed by atoms with Crippen LogP contribution in [0.25, 0.3) is 0 Å². The summed E-state index contributed by atoms with van der Waals surface area (Å²) in [6.45, 7) is 2.96. The second-order valence-corrected chi connectivity index (χ2v) is 2.94. The van der Waals surface area contributed by atoms with Crippen LogP contribution in [-0.2, 0) is 4.79 Å². The Morgan fingerprint density at radius 3 is 2.30 bits per heavy atom. The maximum absolute atomic E-state index is 10.4. The molecule has 10 heavy (non-hydrogen) atoms. The maximum Gasteiger partial charge on any atom is 0.138 e. The topological polar surface area (TPSA) is 23.6 Å². The van der Waals surface area contributed by atoms with E-state index < -0.39 is 0 Å². The summed E-state index contributed by atoms with van der Waals surface area (Å²) in [5.74, 6) is 0. The number of hydrogen-bond acceptors (Lipinski definition) is 3. The molecule has 3 heteroatoms. The lowest BCUT2D eigenvalue weighted by Crippen LogP contribution is -2.34. The number of carbonyl (C=O) groups excluding carboxylic acids is 1. The van der Waals surface area contributed by atoms with E-state index in [-0.39, 0.29) is 6.04 Å². The molecule has 0 radical (unpaired) electrons. The van der Waals surface area contributed by atoms with Gasteiger partial charge < -0.3 is 4.79 Å². The Balaban J connectivity index is 2.61. The molecule has 2 atom stereocenters. The van der Waals surface area contributed by atoms with Crippen LogP contribution in [0.5, 0.6) is 0 Å². The van der Waals surface area contributed by atoms with Crippen LogP contribution in [0.4, 0.5) is 0 Å². The molecule has 1 saturated heterocycles. The Morgan fingerprint density at radius 1 is 1.50 bits per heavy atom. The molecular formula is C7H14N2O. The van der Waals surface area contributed by atoms with Crippen molar-refractivity contribution < 1.29 is 4.79 Å². The average Bonchev–Trinajstić information content (AvgIpc) is 2.17. The molecule has 0 saturated carbocycles. The molecule has 0 N–H and O–H groups in total. The van der Waals surface area contributed by atoms with Gasteiger partial charge in [0, 0.05) is 6.54 Å². The normalized spacial score (nSPS) is 36.7. The first kappa shape index (κ1) is 7.69. The van der Waals surface area contributed by atoms with Crippen LogP contribution in [0.2, 0.25) is 0 Å². The molecule has 0 amide bonds. The highest BCUT2D eigenvalue weighted by molar-refractivity contribution is 5.58. The van der Waals surface area contributed by atoms with Crippen LogP contribution in [0, 0.1) is 0 Å². The second-order valence-electron chi connectivity index (χ2n) is 2.94. The smallest absolute Gasteiger partial charge is 0.138 e. The van der Waals surface area contributed by atoms with Crippen LogP contribution < -0.4 is 0 Å². The predicted octanol–water partition coefficient (Wildman–Crippen LogP) is -0.223. The summed E-state index contributed by atoms with van der Waals surface area (Å²) in [5, 5.41) is 0. The third kappa shape index (κ3) is 1.07. The van der Waals surface area contributed by atoms with Gasteiger partial charge in [-0.3, -0.25) is 9.80 Å². The van der Waals surface area contributed by atoms with Crippen LogP contribution in [0.3, 0.4) is 0 Å². The molecule has 58 valence electrons. The number of rotatable bonds is 1. The van der Waals surface area contributed by atoms with Crippen molar-refractivity contribution in [3.05, 3.63) is 0 Å². The van der Waals surface area contributed by atoms with E-state index in [4.69, 9.17) is 0 Å². The molecule has 1 fully saturated rings. The van der Waals surface area contributed by atoms with Gasteiger partial charge in [-0.25, -0.2) is 0 Å². The minimum Gasteiger partial charge on any atom is -0.302 e. The van der Waals surface area contributed by atoms with Crippen molar-refractivity contribution in [1.82, 2.24) is 9.80 Å². The molecular weight excluding hydrogens is 128 g/mol. The van der Waals surface area contributed by atoms with E-state index in [0.29, 0.717) is 6.17 Å². The number of likely N-dealkylation sites (N-methyl/N-ethyl adjacent to an activating group) is 2. The molecule has 0 spiro atoms. The van der Waals surface area contributed by atoms with E-state index in [2.05, 4.69) is 16.7 Å². The van der Waals surface area contributed by atoms with Crippen LogP contribution in [-0.4, -0.2) is 48.9 Å². The van der Waals surface area contributed by atoms with Gasteiger partial charge >= 0.3 is 0 Å². The minimum atomic E-state index is 0.0972. The van der Waals surface area contributed by atoms with E-state index in [1.54, 1.807) is 0 Å². The second kappa shape index (κ2) is 2.68. The number of aldehydes is 1. The van der Waals surface area contributed by atoms with Crippen molar-refractivity contribution in [1.29, 1.82) is 0 Å². The first-order valence-corrected chi connectivity index (χ1v) is 3.54. The van der Waals surface area contributed by atoms with Crippen molar-refractivity contribution in [2.75, 3.05) is 20.6 Å². The molecule has 3 nitrogen and oxygen atoms in total. The quantitative estimate of drug-likeness (QED) is 0.473. The molecule has 1 heterocycles. The lowest BCUT2D eigenvalue weighted by Gasteiger charge is -2.20. The summed E-state index contributed by atoms with van der Waals surface area (Å²) in [4.78, 5) is 14.7. The van der Waals surface area contributed by atoms with E-state index >= 15 is 0 Å². The van der Waals surface area contributed by atoms with Crippen molar-refractivity contribution in [3.63, 3.8) is 0 Å². The van der Waals surface area contributed by atoms with Crippen LogP contribution in [0.1, 0.15) is 6.92 Å². The van der Waals surface area contributed by atoms with Crippen molar-refractivity contribution >= 4 is 6.29 Å². The van der Waals surface area contributed by atoms with E-state index in [9.17, 15) is 4.79 Å². The standard InChI is InChI=1S/C7H14N2O/c1-6-8(2)4-7(5-10)9(6)3/h5-7H,4H2,1-3H3. The largest absolute Gasteiger partial charge is 0.302 e. The Morgan fingerprint density at radius 2 is 2.10 bits per heavy atom. The Bertz CT molecular complexity index is 138. The first-order valence-electron chi connectivity index (χ1n) is 3.54. The number of carbonyl (C=O) groups is 1. The van der Waals surface area contributed by atoms with E-state index in [1.807, 2.05) is 14.1 Å². The lowest BCUT2D eigenvalue weighted by molar-refractivity contribution is -0.111. The third-order valence-corrected chi connectivity index (χ3v) is 2.38. The third-order valence-electron chi connectivity index (χ3n) is 2.38. The molecule has 2 unspecified atom stereocenters. The van der Waals surface area contributed by atoms with Gasteiger partial charge in [0.05, 0.1) is 12.2 Å². The summed E-state index contributed by atoms with van der Waals surface area (Å²) in [5.41, 5.74) is 0. The number of nitrogens with zero attached hydrogens (tertiary/aromatic N) is 2. The van der Waals surface area contributed by atoms with Crippen LogP contribution >= 0.6 is 0 Å². The van der Waals surface area contributed by atoms with E-state index in [1.165, 1.54) is 0 Å². The SMILES string of the molecule is CC1N(C)CC(C=O)N1C. The molecule has 0 bridgehead atoms. The van der Waals surface area contributed by atoms with Gasteiger partial charge in [-0.1, -0.05) is 0 Å². The van der Waals surface area contributed by atoms with Crippen molar-refractivity contribution in [3.8, 4) is 0 Å². The lowest BCUT2D eigenvalue weighted by atomic mass is 10.3. The number of hydrogen-bond donors (Lipinski definition) is 0. The van der Waals surface area contributed by atoms with Gasteiger partial charge in [0.1, 0.15) is 6.29 Å². The first-order chi connectivity index (χ1) is 4.66. The monoisotopic (exact) mass is 142 g/mol. The van der Waals surface area contributed by atoms with Gasteiger partial charge in [-0.15, -0.1) is 0 Å². The highest BCUT2D eigenvalue weighted by Gasteiger charge is 2.30. The maximum atomic E-state index is 10.4. The van der Waals surface area contributed by atoms with Crippen LogP contribution in [0.15, 0.2) is 0 Å². The molecule has 1 aliphatic heterocycles. The summed E-state index contributed by atoms with van der Waals surface area (Å²) >= 11 is 0. The molecule has 0 aliphatic carbocycles. The Labute approximate surface area is 61.6 Å². The van der Waals surface area contributed by atoms with Gasteiger partial charge in [0.25, 0.3) is 0 Å². The molecule has 0 aromatic heterocycles. The molecule has 0 aromatic rings. The molecule has 1 aliphatic rings. The summed E-state index contributed by atoms with van der Waals surface area (Å²) in [6, 6.07) is 0.0972. The van der Waals surface area contributed by atoms with Crippen molar-refractivity contribution in [2.24, 2.45) is 0 Å². The van der Waals surface area contributed by atoms with E-state index in [0.717, 1.165) is 12.8 Å². The average molecular weight is 142 g/mol. The Hall–Kier alpha value is -0.410. The minimum absolute atomic E-state index is 0.0972. The highest BCUT2D eigenvalue weighted by atomic mass is 16.1. The zero-order valence-electron chi connectivity index (χ0n) is 6.74. The highest BCUT2D eigenvalue weighted by Crippen LogP contribution is 2.13. The Kier molecular flexibility index (Phi) is 2.06. The zero-order valence-corrected chi connectivity index (χ0v) is 6.74. The van der Waals surface area contributed by atoms with Gasteiger partial charge in [0.15, 0.2) is 0 Å². The molecule has 1 rings (SSSR count). The van der Waals surface area contributed by atoms with Gasteiger partial charge in [0.2, 0.25) is 0 Å². The van der Waals surface area contributed by atoms with Crippen molar-refractivity contribution in [2.45, 2.75) is 19.1 Å².